The van der Waals surface area contributed by atoms with Crippen LogP contribution in [0, 0.1) is 13.8 Å². The van der Waals surface area contributed by atoms with Gasteiger partial charge in [0, 0.05) is 0 Å². The third-order valence-electron chi connectivity index (χ3n) is 1.76. The van der Waals surface area contributed by atoms with E-state index in [2.05, 4.69) is 38.1 Å². The minimum Gasteiger partial charge on any atom is -0.393 e. The van der Waals surface area contributed by atoms with Gasteiger partial charge in [-0.05, 0) is 27.2 Å². The third kappa shape index (κ3) is 7.54. The highest BCUT2D eigenvalue weighted by Gasteiger charge is 1.81. The molecule has 1 N–H and O–H groups in total. The van der Waals surface area contributed by atoms with Gasteiger partial charge in [-0.3, -0.25) is 0 Å². The molecule has 0 bridgehead atoms. The van der Waals surface area contributed by atoms with Gasteiger partial charge in [0.1, 0.15) is 0 Å². The Labute approximate surface area is 81.4 Å². The van der Waals surface area contributed by atoms with Gasteiger partial charge in [0.2, 0.25) is 0 Å². The molecule has 0 saturated heterocycles. The number of aliphatic hydroxyl groups is 1. The molecule has 0 aliphatic carbocycles. The monoisotopic (exact) mass is 180 g/mol. The van der Waals surface area contributed by atoms with Crippen LogP contribution in [0.1, 0.15) is 31.4 Å². The molecule has 1 rings (SSSR count). The van der Waals surface area contributed by atoms with Gasteiger partial charge in [-0.2, -0.15) is 0 Å². The first kappa shape index (κ1) is 12.2. The van der Waals surface area contributed by atoms with Crippen LogP contribution < -0.4 is 0 Å². The van der Waals surface area contributed by atoms with Crippen molar-refractivity contribution in [1.82, 2.24) is 0 Å². The van der Waals surface area contributed by atoms with Crippen molar-refractivity contribution in [2.45, 2.75) is 40.2 Å². The van der Waals surface area contributed by atoms with E-state index in [1.807, 2.05) is 6.92 Å². The topological polar surface area (TPSA) is 20.2 Å². The lowest BCUT2D eigenvalue weighted by molar-refractivity contribution is 0.191. The molecule has 0 aromatic heterocycles. The van der Waals surface area contributed by atoms with Crippen molar-refractivity contribution >= 4 is 0 Å². The van der Waals surface area contributed by atoms with Gasteiger partial charge in [0.05, 0.1) is 6.10 Å². The zero-order valence-electron chi connectivity index (χ0n) is 9.04. The Morgan fingerprint density at radius 3 is 1.77 bits per heavy atom. The molecule has 1 aromatic rings. The summed E-state index contributed by atoms with van der Waals surface area (Å²) in [6.07, 6.45) is 0.745. The SMILES string of the molecule is CCC(C)O.Cc1cccc(C)c1. The predicted octanol–water partition coefficient (Wildman–Crippen LogP) is 3.08. The number of rotatable bonds is 1. The van der Waals surface area contributed by atoms with Crippen molar-refractivity contribution in [2.75, 3.05) is 0 Å². The van der Waals surface area contributed by atoms with Crippen LogP contribution >= 0.6 is 0 Å². The maximum Gasteiger partial charge on any atom is 0.0509 e. The highest BCUT2D eigenvalue weighted by molar-refractivity contribution is 5.20. The van der Waals surface area contributed by atoms with Crippen molar-refractivity contribution in [2.24, 2.45) is 0 Å². The quantitative estimate of drug-likeness (QED) is 0.704. The van der Waals surface area contributed by atoms with Crippen LogP contribution in [0.15, 0.2) is 24.3 Å². The maximum absolute atomic E-state index is 8.36. The maximum atomic E-state index is 8.36. The largest absolute Gasteiger partial charge is 0.393 e. The molecule has 0 radical (unpaired) electrons. The molecule has 0 spiro atoms. The van der Waals surface area contributed by atoms with E-state index in [9.17, 15) is 0 Å². The molecule has 1 unspecified atom stereocenters. The van der Waals surface area contributed by atoms with Gasteiger partial charge >= 0.3 is 0 Å². The van der Waals surface area contributed by atoms with E-state index in [0.29, 0.717) is 0 Å². The minimum absolute atomic E-state index is 0.116. The van der Waals surface area contributed by atoms with Crippen molar-refractivity contribution in [1.29, 1.82) is 0 Å². The lowest BCUT2D eigenvalue weighted by Gasteiger charge is -1.90. The summed E-state index contributed by atoms with van der Waals surface area (Å²) in [6, 6.07) is 8.45. The zero-order valence-corrected chi connectivity index (χ0v) is 9.04. The van der Waals surface area contributed by atoms with E-state index in [0.717, 1.165) is 6.42 Å². The molecule has 0 amide bonds. The second-order valence-electron chi connectivity index (χ2n) is 3.42. The molecule has 0 aliphatic heterocycles. The van der Waals surface area contributed by atoms with E-state index in [-0.39, 0.29) is 6.10 Å². The molecule has 13 heavy (non-hydrogen) atoms. The van der Waals surface area contributed by atoms with Crippen LogP contribution in [0.3, 0.4) is 0 Å². The average molecular weight is 180 g/mol. The van der Waals surface area contributed by atoms with Crippen LogP contribution in [-0.2, 0) is 0 Å². The molecule has 0 saturated carbocycles. The first-order chi connectivity index (χ1) is 6.06. The molecule has 0 heterocycles. The van der Waals surface area contributed by atoms with E-state index in [1.54, 1.807) is 6.92 Å². The fraction of sp³-hybridized carbons (Fsp3) is 0.500. The fourth-order valence-corrected chi connectivity index (χ4v) is 0.807. The van der Waals surface area contributed by atoms with Gasteiger partial charge < -0.3 is 5.11 Å². The van der Waals surface area contributed by atoms with E-state index >= 15 is 0 Å². The summed E-state index contributed by atoms with van der Waals surface area (Å²) >= 11 is 0. The summed E-state index contributed by atoms with van der Waals surface area (Å²) in [5, 5.41) is 8.36. The van der Waals surface area contributed by atoms with Crippen molar-refractivity contribution in [3.8, 4) is 0 Å². The number of hydrogen-bond donors (Lipinski definition) is 1. The molecule has 1 atom stereocenters. The summed E-state index contributed by atoms with van der Waals surface area (Å²) in [5.74, 6) is 0. The number of aliphatic hydroxyl groups excluding tert-OH is 1. The Morgan fingerprint density at radius 1 is 1.23 bits per heavy atom. The van der Waals surface area contributed by atoms with E-state index < -0.39 is 0 Å². The van der Waals surface area contributed by atoms with Gasteiger partial charge in [0.15, 0.2) is 0 Å². The molecule has 0 fully saturated rings. The van der Waals surface area contributed by atoms with Gasteiger partial charge in [-0.15, -0.1) is 0 Å². The highest BCUT2D eigenvalue weighted by atomic mass is 16.3. The van der Waals surface area contributed by atoms with Gasteiger partial charge in [-0.1, -0.05) is 42.3 Å². The summed E-state index contributed by atoms with van der Waals surface area (Å²) < 4.78 is 0. The Kier molecular flexibility index (Phi) is 6.25. The molecular weight excluding hydrogens is 160 g/mol. The second-order valence-corrected chi connectivity index (χ2v) is 3.42. The van der Waals surface area contributed by atoms with Crippen molar-refractivity contribution < 1.29 is 5.11 Å². The lowest BCUT2D eigenvalue weighted by Crippen LogP contribution is -1.93. The lowest BCUT2D eigenvalue weighted by atomic mass is 10.2. The van der Waals surface area contributed by atoms with Crippen molar-refractivity contribution in [3.63, 3.8) is 0 Å². The Bertz CT molecular complexity index is 211. The Balaban J connectivity index is 0.000000252. The van der Waals surface area contributed by atoms with Crippen LogP contribution in [0.2, 0.25) is 0 Å². The summed E-state index contributed by atoms with van der Waals surface area (Å²) in [5.41, 5.74) is 2.68. The standard InChI is InChI=1S/C8H10.C4H10O/c1-7-4-3-5-8(2)6-7;1-3-4(2)5/h3-6H,1-2H3;4-5H,3H2,1-2H3. The predicted molar refractivity (Wildman–Crippen MR) is 57.9 cm³/mol. The smallest absolute Gasteiger partial charge is 0.0509 e. The van der Waals surface area contributed by atoms with Crippen LogP contribution in [-0.4, -0.2) is 11.2 Å². The minimum atomic E-state index is -0.116. The zero-order chi connectivity index (χ0) is 10.3. The fourth-order valence-electron chi connectivity index (χ4n) is 0.807. The van der Waals surface area contributed by atoms with E-state index in [4.69, 9.17) is 5.11 Å². The third-order valence-corrected chi connectivity index (χ3v) is 1.76. The number of hydrogen-bond acceptors (Lipinski definition) is 1. The Hall–Kier alpha value is -0.820. The number of benzene rings is 1. The summed E-state index contributed by atoms with van der Waals surface area (Å²) in [6.45, 7) is 7.94. The van der Waals surface area contributed by atoms with Crippen LogP contribution in [0.4, 0.5) is 0 Å². The molecule has 1 heteroatoms. The molecule has 1 aromatic carbocycles. The first-order valence-corrected chi connectivity index (χ1v) is 4.77. The highest BCUT2D eigenvalue weighted by Crippen LogP contribution is 2.00. The van der Waals surface area contributed by atoms with Crippen LogP contribution in [0.5, 0.6) is 0 Å². The van der Waals surface area contributed by atoms with E-state index in [1.165, 1.54) is 11.1 Å². The van der Waals surface area contributed by atoms with Crippen LogP contribution in [0.25, 0.3) is 0 Å². The normalized spacial score (nSPS) is 11.5. The van der Waals surface area contributed by atoms with Gasteiger partial charge in [0.25, 0.3) is 0 Å². The second kappa shape index (κ2) is 6.67. The average Bonchev–Trinajstić information content (AvgIpc) is 2.05. The van der Waals surface area contributed by atoms with Gasteiger partial charge in [-0.25, -0.2) is 0 Å². The number of aryl methyl sites for hydroxylation is 2. The Morgan fingerprint density at radius 2 is 1.62 bits per heavy atom. The summed E-state index contributed by atoms with van der Waals surface area (Å²) in [4.78, 5) is 0. The molecular formula is C12H20O. The molecule has 74 valence electrons. The molecule has 1 nitrogen and oxygen atoms in total. The van der Waals surface area contributed by atoms with Crippen molar-refractivity contribution in [3.05, 3.63) is 35.4 Å². The summed E-state index contributed by atoms with van der Waals surface area (Å²) in [7, 11) is 0. The molecule has 0 aliphatic rings. The first-order valence-electron chi connectivity index (χ1n) is 4.77.